The zero-order valence-electron chi connectivity index (χ0n) is 9.94. The number of ether oxygens (including phenoxy) is 1. The molecule has 0 amide bonds. The highest BCUT2D eigenvalue weighted by molar-refractivity contribution is 5.28. The largest absolute Gasteiger partial charge is 0.497 e. The van der Waals surface area contributed by atoms with Crippen LogP contribution in [0.3, 0.4) is 0 Å². The molecule has 1 aromatic rings. The zero-order chi connectivity index (χ0) is 12.8. The molecule has 1 aromatic carbocycles. The molecule has 0 bridgehead atoms. The van der Waals surface area contributed by atoms with Crippen molar-refractivity contribution in [2.75, 3.05) is 27.2 Å². The number of alkyl halides is 2. The normalized spacial score (nSPS) is 13.1. The molecule has 0 spiro atoms. The van der Waals surface area contributed by atoms with Gasteiger partial charge in [0.1, 0.15) is 5.75 Å². The second-order valence-corrected chi connectivity index (χ2v) is 3.90. The number of aliphatic hydroxyl groups is 1. The van der Waals surface area contributed by atoms with Gasteiger partial charge in [-0.25, -0.2) is 8.78 Å². The van der Waals surface area contributed by atoms with Crippen molar-refractivity contribution in [1.29, 1.82) is 0 Å². The van der Waals surface area contributed by atoms with Crippen LogP contribution in [0.5, 0.6) is 5.75 Å². The van der Waals surface area contributed by atoms with Gasteiger partial charge in [-0.1, -0.05) is 12.1 Å². The summed E-state index contributed by atoms with van der Waals surface area (Å²) in [5.41, 5.74) is 0.687. The van der Waals surface area contributed by atoms with Crippen LogP contribution in [0, 0.1) is 0 Å². The van der Waals surface area contributed by atoms with Gasteiger partial charge < -0.3 is 9.84 Å². The van der Waals surface area contributed by atoms with E-state index in [1.165, 1.54) is 4.90 Å². The molecule has 0 saturated heterocycles. The second-order valence-electron chi connectivity index (χ2n) is 3.90. The molecule has 1 unspecified atom stereocenters. The summed E-state index contributed by atoms with van der Waals surface area (Å²) in [7, 11) is 3.11. The average Bonchev–Trinajstić information content (AvgIpc) is 2.28. The first kappa shape index (κ1) is 13.9. The van der Waals surface area contributed by atoms with Crippen LogP contribution in [0.15, 0.2) is 24.3 Å². The van der Waals surface area contributed by atoms with E-state index < -0.39 is 12.5 Å². The number of hydrogen-bond donors (Lipinski definition) is 1. The molecular formula is C12H17F2NO2. The smallest absolute Gasteiger partial charge is 0.251 e. The summed E-state index contributed by atoms with van der Waals surface area (Å²) in [6.45, 7) is -0.163. The van der Waals surface area contributed by atoms with Crippen LogP contribution in [-0.4, -0.2) is 43.7 Å². The third-order valence-electron chi connectivity index (χ3n) is 2.43. The Balaban J connectivity index is 2.53. The quantitative estimate of drug-likeness (QED) is 0.831. The predicted molar refractivity (Wildman–Crippen MR) is 61.5 cm³/mol. The second kappa shape index (κ2) is 6.51. The van der Waals surface area contributed by atoms with E-state index in [-0.39, 0.29) is 13.1 Å². The number of halogens is 2. The van der Waals surface area contributed by atoms with Crippen molar-refractivity contribution in [2.24, 2.45) is 0 Å². The highest BCUT2D eigenvalue weighted by atomic mass is 19.3. The van der Waals surface area contributed by atoms with Crippen molar-refractivity contribution >= 4 is 0 Å². The fourth-order valence-corrected chi connectivity index (χ4v) is 1.54. The van der Waals surface area contributed by atoms with Crippen molar-refractivity contribution in [3.05, 3.63) is 29.8 Å². The van der Waals surface area contributed by atoms with E-state index in [0.717, 1.165) is 0 Å². The summed E-state index contributed by atoms with van der Waals surface area (Å²) < 4.78 is 29.2. The average molecular weight is 245 g/mol. The zero-order valence-corrected chi connectivity index (χ0v) is 9.94. The van der Waals surface area contributed by atoms with Gasteiger partial charge in [0.25, 0.3) is 6.43 Å². The third kappa shape index (κ3) is 4.66. The minimum absolute atomic E-state index is 0.177. The molecule has 96 valence electrons. The minimum Gasteiger partial charge on any atom is -0.497 e. The van der Waals surface area contributed by atoms with Gasteiger partial charge >= 0.3 is 0 Å². The maximum atomic E-state index is 12.1. The first-order chi connectivity index (χ1) is 8.02. The number of nitrogens with zero attached hydrogens (tertiary/aromatic N) is 1. The maximum absolute atomic E-state index is 12.1. The van der Waals surface area contributed by atoms with Crippen molar-refractivity contribution in [2.45, 2.75) is 12.5 Å². The van der Waals surface area contributed by atoms with Crippen LogP contribution in [0.2, 0.25) is 0 Å². The van der Waals surface area contributed by atoms with E-state index in [1.807, 2.05) is 0 Å². The van der Waals surface area contributed by atoms with Gasteiger partial charge in [-0.3, -0.25) is 4.90 Å². The summed E-state index contributed by atoms with van der Waals surface area (Å²) in [4.78, 5) is 1.40. The van der Waals surface area contributed by atoms with Gasteiger partial charge in [0.2, 0.25) is 0 Å². The molecule has 0 aliphatic heterocycles. The standard InChI is InChI=1S/C12H17F2NO2/c1-15(8-12(13)14)7-11(16)9-3-5-10(17-2)6-4-9/h3-6,11-12,16H,7-8H2,1-2H3. The van der Waals surface area contributed by atoms with Crippen molar-refractivity contribution < 1.29 is 18.6 Å². The molecule has 1 rings (SSSR count). The molecule has 1 atom stereocenters. The molecule has 17 heavy (non-hydrogen) atoms. The summed E-state index contributed by atoms with van der Waals surface area (Å²) in [5, 5.41) is 9.84. The molecule has 0 aliphatic rings. The Hall–Kier alpha value is -1.20. The molecule has 5 heteroatoms. The Morgan fingerprint density at radius 2 is 1.82 bits per heavy atom. The molecule has 0 radical (unpaired) electrons. The van der Waals surface area contributed by atoms with Crippen molar-refractivity contribution in [3.63, 3.8) is 0 Å². The van der Waals surface area contributed by atoms with E-state index in [2.05, 4.69) is 0 Å². The Bertz CT molecular complexity index is 330. The number of likely N-dealkylation sites (N-methyl/N-ethyl adjacent to an activating group) is 1. The SMILES string of the molecule is COc1ccc(C(O)CN(C)CC(F)F)cc1. The van der Waals surface area contributed by atoms with Gasteiger partial charge in [0, 0.05) is 6.54 Å². The third-order valence-corrected chi connectivity index (χ3v) is 2.43. The predicted octanol–water partition coefficient (Wildman–Crippen LogP) is 1.93. The van der Waals surface area contributed by atoms with E-state index in [9.17, 15) is 13.9 Å². The van der Waals surface area contributed by atoms with E-state index in [1.54, 1.807) is 38.4 Å². The number of methoxy groups -OCH3 is 1. The number of benzene rings is 1. The highest BCUT2D eigenvalue weighted by Crippen LogP contribution is 2.18. The fraction of sp³-hybridized carbons (Fsp3) is 0.500. The van der Waals surface area contributed by atoms with Crippen LogP contribution >= 0.6 is 0 Å². The van der Waals surface area contributed by atoms with E-state index in [0.29, 0.717) is 11.3 Å². The van der Waals surface area contributed by atoms with Crippen LogP contribution in [-0.2, 0) is 0 Å². The first-order valence-electron chi connectivity index (χ1n) is 5.31. The van der Waals surface area contributed by atoms with Gasteiger partial charge in [0.05, 0.1) is 19.8 Å². The number of aliphatic hydroxyl groups excluding tert-OH is 1. The lowest BCUT2D eigenvalue weighted by Crippen LogP contribution is -2.29. The Kier molecular flexibility index (Phi) is 5.31. The lowest BCUT2D eigenvalue weighted by Gasteiger charge is -2.20. The molecule has 0 saturated carbocycles. The molecule has 0 aromatic heterocycles. The molecule has 1 N–H and O–H groups in total. The Morgan fingerprint density at radius 3 is 2.29 bits per heavy atom. The molecule has 0 heterocycles. The molecule has 3 nitrogen and oxygen atoms in total. The lowest BCUT2D eigenvalue weighted by atomic mass is 10.1. The van der Waals surface area contributed by atoms with Crippen LogP contribution in [0.1, 0.15) is 11.7 Å². The van der Waals surface area contributed by atoms with Crippen LogP contribution in [0.25, 0.3) is 0 Å². The molecule has 0 fully saturated rings. The van der Waals surface area contributed by atoms with E-state index in [4.69, 9.17) is 4.74 Å². The van der Waals surface area contributed by atoms with Crippen LogP contribution in [0.4, 0.5) is 8.78 Å². The van der Waals surface area contributed by atoms with Gasteiger partial charge in [-0.2, -0.15) is 0 Å². The summed E-state index contributed by atoms with van der Waals surface area (Å²) in [6, 6.07) is 6.90. The molecular weight excluding hydrogens is 228 g/mol. The molecule has 0 aliphatic carbocycles. The van der Waals surface area contributed by atoms with Crippen LogP contribution < -0.4 is 4.74 Å². The van der Waals surface area contributed by atoms with Crippen molar-refractivity contribution in [3.8, 4) is 5.75 Å². The maximum Gasteiger partial charge on any atom is 0.251 e. The van der Waals surface area contributed by atoms with Gasteiger partial charge in [-0.05, 0) is 24.7 Å². The Labute approximate surface area is 99.6 Å². The topological polar surface area (TPSA) is 32.7 Å². The van der Waals surface area contributed by atoms with E-state index >= 15 is 0 Å². The summed E-state index contributed by atoms with van der Waals surface area (Å²) >= 11 is 0. The highest BCUT2D eigenvalue weighted by Gasteiger charge is 2.13. The van der Waals surface area contributed by atoms with Gasteiger partial charge in [0.15, 0.2) is 0 Å². The lowest BCUT2D eigenvalue weighted by molar-refractivity contribution is 0.0680. The fourth-order valence-electron chi connectivity index (χ4n) is 1.54. The summed E-state index contributed by atoms with van der Waals surface area (Å²) in [6.07, 6.45) is -3.16. The summed E-state index contributed by atoms with van der Waals surface area (Å²) in [5.74, 6) is 0.696. The van der Waals surface area contributed by atoms with Crippen molar-refractivity contribution in [1.82, 2.24) is 4.90 Å². The number of rotatable bonds is 6. The van der Waals surface area contributed by atoms with Gasteiger partial charge in [-0.15, -0.1) is 0 Å². The first-order valence-corrected chi connectivity index (χ1v) is 5.31. The number of hydrogen-bond acceptors (Lipinski definition) is 3. The Morgan fingerprint density at radius 1 is 1.24 bits per heavy atom. The minimum atomic E-state index is -2.39. The monoisotopic (exact) mass is 245 g/mol.